The zero-order valence-corrected chi connectivity index (χ0v) is 11.7. The normalized spacial score (nSPS) is 16.1. The molecule has 1 aliphatic carbocycles. The van der Waals surface area contributed by atoms with Crippen molar-refractivity contribution in [3.8, 4) is 11.4 Å². The molecule has 3 aromatic heterocycles. The molecule has 4 rings (SSSR count). The summed E-state index contributed by atoms with van der Waals surface area (Å²) in [6.45, 7) is 2.03. The molecular weight excluding hydrogens is 260 g/mol. The molecule has 0 spiro atoms. The standard InChI is InChI=1S/C12H14N6S/c1-7-9(6-13-17(7)2)10-14-15-12-18(10)16-11(19-12)8-4-3-5-8/h6,8H,3-5H2,1-2H3. The third kappa shape index (κ3) is 1.54. The van der Waals surface area contributed by atoms with E-state index in [4.69, 9.17) is 5.10 Å². The molecule has 0 radical (unpaired) electrons. The van der Waals surface area contributed by atoms with Crippen molar-refractivity contribution in [1.29, 1.82) is 0 Å². The van der Waals surface area contributed by atoms with Crippen molar-refractivity contribution in [1.82, 2.24) is 29.6 Å². The zero-order valence-electron chi connectivity index (χ0n) is 10.9. The molecular formula is C12H14N6S. The minimum atomic E-state index is 0.634. The third-order valence-corrected chi connectivity index (χ3v) is 5.00. The molecule has 98 valence electrons. The van der Waals surface area contributed by atoms with Gasteiger partial charge in [0.2, 0.25) is 4.96 Å². The summed E-state index contributed by atoms with van der Waals surface area (Å²) in [4.78, 5) is 0.875. The first-order valence-corrected chi connectivity index (χ1v) is 7.27. The van der Waals surface area contributed by atoms with Gasteiger partial charge in [0.05, 0.1) is 11.8 Å². The molecule has 0 aromatic carbocycles. The number of hydrogen-bond acceptors (Lipinski definition) is 5. The van der Waals surface area contributed by atoms with Gasteiger partial charge >= 0.3 is 0 Å². The fourth-order valence-corrected chi connectivity index (χ4v) is 3.35. The maximum Gasteiger partial charge on any atom is 0.234 e. The Bertz CT molecular complexity index is 748. The average molecular weight is 274 g/mol. The van der Waals surface area contributed by atoms with Gasteiger partial charge in [0.15, 0.2) is 5.82 Å². The van der Waals surface area contributed by atoms with Crippen LogP contribution in [0.25, 0.3) is 16.3 Å². The molecule has 3 heterocycles. The first-order chi connectivity index (χ1) is 9.24. The lowest BCUT2D eigenvalue weighted by Crippen LogP contribution is -2.08. The predicted molar refractivity (Wildman–Crippen MR) is 72.2 cm³/mol. The number of aromatic nitrogens is 6. The SMILES string of the molecule is Cc1c(-c2nnc3sc(C4CCC4)nn23)cnn1C. The van der Waals surface area contributed by atoms with Crippen molar-refractivity contribution in [2.45, 2.75) is 32.1 Å². The van der Waals surface area contributed by atoms with E-state index in [0.717, 1.165) is 22.0 Å². The Balaban J connectivity index is 1.85. The average Bonchev–Trinajstić information content (AvgIpc) is 2.95. The van der Waals surface area contributed by atoms with E-state index in [1.54, 1.807) is 11.3 Å². The van der Waals surface area contributed by atoms with Crippen LogP contribution in [0, 0.1) is 6.92 Å². The number of hydrogen-bond donors (Lipinski definition) is 0. The Hall–Kier alpha value is -1.76. The molecule has 6 nitrogen and oxygen atoms in total. The molecule has 0 bridgehead atoms. The van der Waals surface area contributed by atoms with E-state index < -0.39 is 0 Å². The first-order valence-electron chi connectivity index (χ1n) is 6.45. The highest BCUT2D eigenvalue weighted by molar-refractivity contribution is 7.16. The summed E-state index contributed by atoms with van der Waals surface area (Å²) in [5, 5.41) is 18.6. The van der Waals surface area contributed by atoms with Gasteiger partial charge in [-0.1, -0.05) is 17.8 Å². The summed E-state index contributed by atoms with van der Waals surface area (Å²) in [6.07, 6.45) is 5.66. The van der Waals surface area contributed by atoms with Crippen molar-refractivity contribution in [3.63, 3.8) is 0 Å². The van der Waals surface area contributed by atoms with Crippen LogP contribution in [0.4, 0.5) is 0 Å². The van der Waals surface area contributed by atoms with Crippen molar-refractivity contribution >= 4 is 16.3 Å². The van der Waals surface area contributed by atoms with Crippen LogP contribution in [0.3, 0.4) is 0 Å². The molecule has 0 atom stereocenters. The fourth-order valence-electron chi connectivity index (χ4n) is 2.34. The maximum absolute atomic E-state index is 4.69. The van der Waals surface area contributed by atoms with Crippen LogP contribution in [-0.4, -0.2) is 29.6 Å². The molecule has 0 aliphatic heterocycles. The number of fused-ring (bicyclic) bond motifs is 1. The lowest BCUT2D eigenvalue weighted by Gasteiger charge is -2.21. The zero-order chi connectivity index (χ0) is 13.0. The van der Waals surface area contributed by atoms with Crippen LogP contribution < -0.4 is 0 Å². The van der Waals surface area contributed by atoms with Gasteiger partial charge in [-0.15, -0.1) is 10.2 Å². The number of nitrogens with zero attached hydrogens (tertiary/aromatic N) is 6. The van der Waals surface area contributed by atoms with Crippen molar-refractivity contribution in [2.24, 2.45) is 7.05 Å². The molecule has 1 fully saturated rings. The van der Waals surface area contributed by atoms with Crippen LogP contribution in [0.2, 0.25) is 0 Å². The van der Waals surface area contributed by atoms with Gasteiger partial charge in [-0.05, 0) is 19.8 Å². The van der Waals surface area contributed by atoms with Crippen LogP contribution in [-0.2, 0) is 7.05 Å². The topological polar surface area (TPSA) is 60.9 Å². The van der Waals surface area contributed by atoms with E-state index in [9.17, 15) is 0 Å². The van der Waals surface area contributed by atoms with Crippen molar-refractivity contribution in [2.75, 3.05) is 0 Å². The van der Waals surface area contributed by atoms with Gasteiger partial charge in [0, 0.05) is 18.7 Å². The molecule has 0 N–H and O–H groups in total. The van der Waals surface area contributed by atoms with Gasteiger partial charge in [0.25, 0.3) is 0 Å². The van der Waals surface area contributed by atoms with Crippen LogP contribution in [0.1, 0.15) is 35.9 Å². The highest BCUT2D eigenvalue weighted by Gasteiger charge is 2.25. The van der Waals surface area contributed by atoms with Crippen LogP contribution in [0.5, 0.6) is 0 Å². The van der Waals surface area contributed by atoms with Gasteiger partial charge < -0.3 is 0 Å². The second-order valence-electron chi connectivity index (χ2n) is 5.05. The van der Waals surface area contributed by atoms with Crippen LogP contribution >= 0.6 is 11.3 Å². The Morgan fingerprint density at radius 3 is 2.79 bits per heavy atom. The first kappa shape index (κ1) is 11.1. The monoisotopic (exact) mass is 274 g/mol. The maximum atomic E-state index is 4.69. The third-order valence-electron chi connectivity index (χ3n) is 3.94. The van der Waals surface area contributed by atoms with E-state index in [2.05, 4.69) is 15.3 Å². The molecule has 1 saturated carbocycles. The minimum absolute atomic E-state index is 0.634. The molecule has 0 unspecified atom stereocenters. The molecule has 3 aromatic rings. The van der Waals surface area contributed by atoms with Crippen LogP contribution in [0.15, 0.2) is 6.20 Å². The van der Waals surface area contributed by atoms with E-state index >= 15 is 0 Å². The number of rotatable bonds is 2. The summed E-state index contributed by atoms with van der Waals surface area (Å²) in [7, 11) is 1.93. The molecule has 7 heteroatoms. The lowest BCUT2D eigenvalue weighted by atomic mass is 9.86. The Morgan fingerprint density at radius 2 is 2.16 bits per heavy atom. The Kier molecular flexibility index (Phi) is 2.26. The van der Waals surface area contributed by atoms with Gasteiger partial charge in [-0.2, -0.15) is 14.7 Å². The molecule has 0 saturated heterocycles. The Labute approximate surface area is 114 Å². The van der Waals surface area contributed by atoms with E-state index in [1.807, 2.05) is 29.4 Å². The molecule has 19 heavy (non-hydrogen) atoms. The van der Waals surface area contributed by atoms with E-state index in [-0.39, 0.29) is 0 Å². The summed E-state index contributed by atoms with van der Waals surface area (Å²) >= 11 is 1.66. The summed E-state index contributed by atoms with van der Waals surface area (Å²) < 4.78 is 3.71. The van der Waals surface area contributed by atoms with Crippen molar-refractivity contribution < 1.29 is 0 Å². The second-order valence-corrected chi connectivity index (χ2v) is 6.04. The predicted octanol–water partition coefficient (Wildman–Crippen LogP) is 2.16. The summed E-state index contributed by atoms with van der Waals surface area (Å²) in [5.74, 6) is 1.43. The highest BCUT2D eigenvalue weighted by atomic mass is 32.1. The Morgan fingerprint density at radius 1 is 1.32 bits per heavy atom. The summed E-state index contributed by atoms with van der Waals surface area (Å²) in [6, 6.07) is 0. The van der Waals surface area contributed by atoms with E-state index in [0.29, 0.717) is 5.92 Å². The molecule has 0 amide bonds. The highest BCUT2D eigenvalue weighted by Crippen LogP contribution is 2.38. The quantitative estimate of drug-likeness (QED) is 0.718. The summed E-state index contributed by atoms with van der Waals surface area (Å²) in [5.41, 5.74) is 2.08. The van der Waals surface area contributed by atoms with Gasteiger partial charge in [-0.3, -0.25) is 4.68 Å². The van der Waals surface area contributed by atoms with Gasteiger partial charge in [-0.25, -0.2) is 0 Å². The lowest BCUT2D eigenvalue weighted by molar-refractivity contribution is 0.415. The fraction of sp³-hybridized carbons (Fsp3) is 0.500. The number of aryl methyl sites for hydroxylation is 1. The smallest absolute Gasteiger partial charge is 0.234 e. The minimum Gasteiger partial charge on any atom is -0.272 e. The van der Waals surface area contributed by atoms with Gasteiger partial charge in [0.1, 0.15) is 5.01 Å². The second kappa shape index (κ2) is 3.86. The molecule has 1 aliphatic rings. The van der Waals surface area contributed by atoms with Crippen molar-refractivity contribution in [3.05, 3.63) is 16.9 Å². The van der Waals surface area contributed by atoms with E-state index in [1.165, 1.54) is 24.3 Å². The largest absolute Gasteiger partial charge is 0.272 e.